The third kappa shape index (κ3) is 3.38. The average molecular weight is 324 g/mol. The molecule has 0 radical (unpaired) electrons. The number of aromatic nitrogens is 2. The molecule has 112 valence electrons. The molecule has 3 rings (SSSR count). The molecule has 21 heavy (non-hydrogen) atoms. The average Bonchev–Trinajstić information content (AvgIpc) is 3.18. The molecule has 0 unspecified atom stereocenters. The number of nitrogens with zero attached hydrogens (tertiary/aromatic N) is 4. The molecule has 3 heterocycles. The van der Waals surface area contributed by atoms with Crippen LogP contribution in [0.25, 0.3) is 0 Å². The maximum atomic E-state index is 11.4. The second-order valence-corrected chi connectivity index (χ2v) is 6.43. The van der Waals surface area contributed by atoms with Crippen molar-refractivity contribution in [1.29, 1.82) is 0 Å². The van der Waals surface area contributed by atoms with E-state index in [1.54, 1.807) is 11.3 Å². The molecule has 2 aromatic rings. The highest BCUT2D eigenvalue weighted by molar-refractivity contribution is 7.13. The Hall–Kier alpha value is -1.55. The van der Waals surface area contributed by atoms with Crippen LogP contribution < -0.4 is 16.2 Å². The summed E-state index contributed by atoms with van der Waals surface area (Å²) in [4.78, 5) is 24.7. The molecular weight excluding hydrogens is 308 g/mol. The molecule has 7 nitrogen and oxygen atoms in total. The van der Waals surface area contributed by atoms with Gasteiger partial charge in [-0.05, 0) is 0 Å². The van der Waals surface area contributed by atoms with E-state index in [-0.39, 0.29) is 5.91 Å². The number of hydrogen-bond acceptors (Lipinski definition) is 8. The van der Waals surface area contributed by atoms with Crippen LogP contribution >= 0.6 is 22.7 Å². The van der Waals surface area contributed by atoms with Gasteiger partial charge in [0.25, 0.3) is 5.91 Å². The molecule has 0 spiro atoms. The van der Waals surface area contributed by atoms with Gasteiger partial charge in [-0.2, -0.15) is 0 Å². The first-order chi connectivity index (χ1) is 10.3. The first-order valence-corrected chi connectivity index (χ1v) is 8.34. The number of hydrogen-bond donors (Lipinski definition) is 2. The summed E-state index contributed by atoms with van der Waals surface area (Å²) in [7, 11) is 0. The number of piperazine rings is 1. The van der Waals surface area contributed by atoms with E-state index in [9.17, 15) is 4.79 Å². The lowest BCUT2D eigenvalue weighted by molar-refractivity contribution is 0.0953. The Balaban J connectivity index is 1.53. The first kappa shape index (κ1) is 14.4. The maximum Gasteiger partial charge on any atom is 0.294 e. The number of amides is 1. The van der Waals surface area contributed by atoms with Crippen LogP contribution in [0.4, 0.5) is 5.13 Å². The van der Waals surface area contributed by atoms with E-state index in [1.165, 1.54) is 11.3 Å². The van der Waals surface area contributed by atoms with Crippen molar-refractivity contribution in [2.75, 3.05) is 31.1 Å². The molecule has 1 saturated heterocycles. The predicted octanol–water partition coefficient (Wildman–Crippen LogP) is 0.525. The zero-order valence-corrected chi connectivity index (χ0v) is 13.0. The molecular formula is C12H16N6OS2. The van der Waals surface area contributed by atoms with Gasteiger partial charge >= 0.3 is 0 Å². The van der Waals surface area contributed by atoms with Crippen molar-refractivity contribution in [1.82, 2.24) is 20.3 Å². The molecule has 0 aromatic carbocycles. The monoisotopic (exact) mass is 324 g/mol. The van der Waals surface area contributed by atoms with Gasteiger partial charge in [0.1, 0.15) is 0 Å². The number of carbonyl (C=O) groups is 1. The zero-order valence-electron chi connectivity index (χ0n) is 11.4. The summed E-state index contributed by atoms with van der Waals surface area (Å²) in [6.07, 6.45) is 1.84. The van der Waals surface area contributed by atoms with Crippen LogP contribution in [-0.4, -0.2) is 47.0 Å². The van der Waals surface area contributed by atoms with Gasteiger partial charge in [-0.3, -0.25) is 15.1 Å². The van der Waals surface area contributed by atoms with E-state index in [0.717, 1.165) is 43.5 Å². The zero-order chi connectivity index (χ0) is 14.7. The number of rotatable bonds is 4. The minimum absolute atomic E-state index is 0.333. The summed E-state index contributed by atoms with van der Waals surface area (Å²) in [5.41, 5.74) is 3.02. The number of nitrogen functional groups attached to an aromatic ring is 1. The van der Waals surface area contributed by atoms with Gasteiger partial charge in [0.05, 0.1) is 5.69 Å². The van der Waals surface area contributed by atoms with Gasteiger partial charge in [0, 0.05) is 49.7 Å². The first-order valence-electron chi connectivity index (χ1n) is 6.58. The molecule has 0 aliphatic carbocycles. The second-order valence-electron chi connectivity index (χ2n) is 4.70. The third-order valence-electron chi connectivity index (χ3n) is 3.32. The third-order valence-corrected chi connectivity index (χ3v) is 5.05. The molecule has 3 N–H and O–H groups in total. The fourth-order valence-corrected chi connectivity index (χ4v) is 3.65. The van der Waals surface area contributed by atoms with Crippen LogP contribution in [0.5, 0.6) is 0 Å². The lowest BCUT2D eigenvalue weighted by atomic mass is 10.3. The highest BCUT2D eigenvalue weighted by Gasteiger charge is 2.20. The van der Waals surface area contributed by atoms with Gasteiger partial charge < -0.3 is 4.90 Å². The Kier molecular flexibility index (Phi) is 4.44. The van der Waals surface area contributed by atoms with Gasteiger partial charge in [0.15, 0.2) is 10.1 Å². The van der Waals surface area contributed by atoms with E-state index in [1.807, 2.05) is 17.0 Å². The Bertz CT molecular complexity index is 591. The van der Waals surface area contributed by atoms with Crippen molar-refractivity contribution < 1.29 is 4.79 Å². The fourth-order valence-electron chi connectivity index (χ4n) is 2.24. The standard InChI is InChI=1S/C12H16N6OS2/c13-16-10(19)11-15-9(8-21-11)7-17-2-4-18(5-3-17)12-14-1-6-20-12/h1,6,8H,2-5,7,13H2,(H,16,19). The van der Waals surface area contributed by atoms with E-state index in [0.29, 0.717) is 5.01 Å². The van der Waals surface area contributed by atoms with Crippen LogP contribution in [0.3, 0.4) is 0 Å². The fraction of sp³-hybridized carbons (Fsp3) is 0.417. The van der Waals surface area contributed by atoms with Crippen LogP contribution in [0.15, 0.2) is 17.0 Å². The van der Waals surface area contributed by atoms with Gasteiger partial charge in [-0.25, -0.2) is 15.8 Å². The summed E-state index contributed by atoms with van der Waals surface area (Å²) in [6.45, 7) is 4.63. The lowest BCUT2D eigenvalue weighted by Crippen LogP contribution is -2.46. The normalized spacial score (nSPS) is 16.1. The highest BCUT2D eigenvalue weighted by atomic mass is 32.1. The van der Waals surface area contributed by atoms with Crippen LogP contribution in [0, 0.1) is 0 Å². The minimum atomic E-state index is -0.333. The van der Waals surface area contributed by atoms with E-state index in [2.05, 4.69) is 25.2 Å². The molecule has 9 heteroatoms. The molecule has 1 fully saturated rings. The highest BCUT2D eigenvalue weighted by Crippen LogP contribution is 2.20. The summed E-state index contributed by atoms with van der Waals surface area (Å²) in [5, 5.41) is 5.41. The lowest BCUT2D eigenvalue weighted by Gasteiger charge is -2.34. The summed E-state index contributed by atoms with van der Waals surface area (Å²) in [5.74, 6) is 4.77. The number of hydrazine groups is 1. The van der Waals surface area contributed by atoms with Gasteiger partial charge in [0.2, 0.25) is 0 Å². The predicted molar refractivity (Wildman–Crippen MR) is 83.4 cm³/mol. The van der Waals surface area contributed by atoms with Crippen molar-refractivity contribution in [3.63, 3.8) is 0 Å². The number of anilines is 1. The molecule has 1 aliphatic rings. The number of carbonyl (C=O) groups excluding carboxylic acids is 1. The number of nitrogens with one attached hydrogen (secondary N) is 1. The Labute approximate surface area is 130 Å². The smallest absolute Gasteiger partial charge is 0.294 e. The van der Waals surface area contributed by atoms with Gasteiger partial charge in [-0.1, -0.05) is 0 Å². The second kappa shape index (κ2) is 6.48. The van der Waals surface area contributed by atoms with Crippen LogP contribution in [-0.2, 0) is 6.54 Å². The van der Waals surface area contributed by atoms with E-state index >= 15 is 0 Å². The van der Waals surface area contributed by atoms with E-state index in [4.69, 9.17) is 5.84 Å². The molecule has 0 saturated carbocycles. The van der Waals surface area contributed by atoms with Crippen LogP contribution in [0.1, 0.15) is 15.5 Å². The van der Waals surface area contributed by atoms with Crippen molar-refractivity contribution in [2.45, 2.75) is 6.54 Å². The Morgan fingerprint density at radius 2 is 2.14 bits per heavy atom. The molecule has 1 amide bonds. The molecule has 0 bridgehead atoms. The molecule has 0 atom stereocenters. The number of nitrogens with two attached hydrogens (primary N) is 1. The summed E-state index contributed by atoms with van der Waals surface area (Å²) < 4.78 is 0. The largest absolute Gasteiger partial charge is 0.346 e. The van der Waals surface area contributed by atoms with Crippen LogP contribution in [0.2, 0.25) is 0 Å². The maximum absolute atomic E-state index is 11.4. The number of thiazole rings is 2. The quantitative estimate of drug-likeness (QED) is 0.484. The minimum Gasteiger partial charge on any atom is -0.346 e. The summed E-state index contributed by atoms with van der Waals surface area (Å²) in [6, 6.07) is 0. The van der Waals surface area contributed by atoms with Crippen molar-refractivity contribution >= 4 is 33.7 Å². The molecule has 1 aliphatic heterocycles. The molecule has 2 aromatic heterocycles. The van der Waals surface area contributed by atoms with E-state index < -0.39 is 0 Å². The Morgan fingerprint density at radius 1 is 1.33 bits per heavy atom. The van der Waals surface area contributed by atoms with Crippen molar-refractivity contribution in [2.24, 2.45) is 5.84 Å². The SMILES string of the molecule is NNC(=O)c1nc(CN2CCN(c3nccs3)CC2)cs1. The Morgan fingerprint density at radius 3 is 2.81 bits per heavy atom. The van der Waals surface area contributed by atoms with Gasteiger partial charge in [-0.15, -0.1) is 22.7 Å². The van der Waals surface area contributed by atoms with Crippen molar-refractivity contribution in [3.05, 3.63) is 27.7 Å². The topological polar surface area (TPSA) is 87.4 Å². The van der Waals surface area contributed by atoms with Crippen molar-refractivity contribution in [3.8, 4) is 0 Å². The summed E-state index contributed by atoms with van der Waals surface area (Å²) >= 11 is 2.99.